The Balaban J connectivity index is 1.40. The smallest absolute Gasteiger partial charge is 0.333 e. The van der Waals surface area contributed by atoms with Gasteiger partial charge in [-0.05, 0) is 129 Å². The molecule has 0 amide bonds. The van der Waals surface area contributed by atoms with Gasteiger partial charge in [-0.2, -0.15) is 0 Å². The number of rotatable bonds is 25. The molecule has 0 unspecified atom stereocenters. The second-order valence-electron chi connectivity index (χ2n) is 18.5. The minimum Gasteiger partial charge on any atom is -0.493 e. The van der Waals surface area contributed by atoms with Crippen molar-refractivity contribution in [2.45, 2.75) is 124 Å². The van der Waals surface area contributed by atoms with E-state index in [9.17, 15) is 19.8 Å². The molecule has 63 heavy (non-hydrogen) atoms. The average molecular weight is 867 g/mol. The van der Waals surface area contributed by atoms with Gasteiger partial charge >= 0.3 is 11.9 Å². The molecule has 0 spiro atoms. The van der Waals surface area contributed by atoms with Crippen LogP contribution < -0.4 is 14.2 Å². The fourth-order valence-corrected chi connectivity index (χ4v) is 8.95. The van der Waals surface area contributed by atoms with E-state index in [1.165, 1.54) is 69.8 Å². The third-order valence-electron chi connectivity index (χ3n) is 13.1. The molecular weight excluding hydrogens is 793 g/mol. The SMILES string of the molecule is C=C(C)C(=O)OCCCOc1ccc(-c2cc(C3CCC(C4CCC(CCCCC)CC4)CC3)cc(-c3ccc(OCCCOC(=O)C(=C)C)cc3)c2OCC(C)(CO)CO)cc1. The number of ether oxygens (including phenoxy) is 5. The minimum absolute atomic E-state index is 0.111. The summed E-state index contributed by atoms with van der Waals surface area (Å²) in [6.45, 7) is 15.6. The highest BCUT2D eigenvalue weighted by molar-refractivity contribution is 5.87. The van der Waals surface area contributed by atoms with Crippen LogP contribution in [0.4, 0.5) is 0 Å². The van der Waals surface area contributed by atoms with Crippen molar-refractivity contribution >= 4 is 11.9 Å². The number of hydrogen-bond acceptors (Lipinski definition) is 9. The summed E-state index contributed by atoms with van der Waals surface area (Å²) >= 11 is 0. The zero-order valence-corrected chi connectivity index (χ0v) is 38.6. The van der Waals surface area contributed by atoms with Crippen LogP contribution in [0.25, 0.3) is 22.3 Å². The van der Waals surface area contributed by atoms with Crippen molar-refractivity contribution in [1.82, 2.24) is 0 Å². The average Bonchev–Trinajstić information content (AvgIpc) is 3.31. The van der Waals surface area contributed by atoms with Crippen LogP contribution in [-0.2, 0) is 19.1 Å². The highest BCUT2D eigenvalue weighted by atomic mass is 16.5. The molecule has 0 aromatic heterocycles. The zero-order valence-electron chi connectivity index (χ0n) is 38.6. The van der Waals surface area contributed by atoms with Gasteiger partial charge in [0.25, 0.3) is 0 Å². The van der Waals surface area contributed by atoms with E-state index in [-0.39, 0.29) is 33.0 Å². The lowest BCUT2D eigenvalue weighted by atomic mass is 9.67. The molecule has 2 saturated carbocycles. The highest BCUT2D eigenvalue weighted by Gasteiger charge is 2.32. The lowest BCUT2D eigenvalue weighted by Crippen LogP contribution is -2.33. The molecule has 0 saturated heterocycles. The lowest BCUT2D eigenvalue weighted by molar-refractivity contribution is -0.140. The van der Waals surface area contributed by atoms with Crippen LogP contribution in [0.5, 0.6) is 17.2 Å². The summed E-state index contributed by atoms with van der Waals surface area (Å²) in [5, 5.41) is 20.5. The molecule has 0 radical (unpaired) electrons. The van der Waals surface area contributed by atoms with Crippen LogP contribution >= 0.6 is 0 Å². The summed E-state index contributed by atoms with van der Waals surface area (Å²) in [5.74, 6) is 4.25. The van der Waals surface area contributed by atoms with Crippen molar-refractivity contribution < 1.29 is 43.5 Å². The third kappa shape index (κ3) is 15.0. The summed E-state index contributed by atoms with van der Waals surface area (Å²) in [4.78, 5) is 23.5. The molecule has 5 rings (SSSR count). The van der Waals surface area contributed by atoms with Gasteiger partial charge in [0.2, 0.25) is 0 Å². The topological polar surface area (TPSA) is 121 Å². The van der Waals surface area contributed by atoms with Gasteiger partial charge in [0.1, 0.15) is 17.2 Å². The van der Waals surface area contributed by atoms with Gasteiger partial charge in [-0.25, -0.2) is 9.59 Å². The molecule has 2 aliphatic rings. The first-order valence-electron chi connectivity index (χ1n) is 23.6. The van der Waals surface area contributed by atoms with E-state index in [0.717, 1.165) is 52.8 Å². The standard InChI is InChI=1S/C54H74O9/c1-7-8-9-12-40-13-15-41(16-14-40)42-17-19-43(20-18-42)46-33-49(44-21-25-47(26-22-44)59-29-10-31-61-52(57)38(2)3)51(63-37-54(6,35-55)36-56)50(34-46)45-23-27-48(28-24-45)60-30-11-32-62-53(58)39(4)5/h21-28,33-34,40-43,55-56H,2,4,7-20,29-32,35-37H2,1,3,5-6H3. The molecule has 2 N–H and O–H groups in total. The number of aliphatic hydroxyl groups is 2. The van der Waals surface area contributed by atoms with Gasteiger partial charge in [0.05, 0.1) is 46.2 Å². The van der Waals surface area contributed by atoms with Gasteiger partial charge in [-0.15, -0.1) is 0 Å². The number of benzene rings is 3. The van der Waals surface area contributed by atoms with Crippen LogP contribution in [0.15, 0.2) is 85.0 Å². The van der Waals surface area contributed by atoms with E-state index in [1.807, 2.05) is 55.5 Å². The number of unbranched alkanes of at least 4 members (excludes halogenated alkanes) is 2. The number of carbonyl (C=O) groups excluding carboxylic acids is 2. The van der Waals surface area contributed by atoms with Gasteiger partial charge < -0.3 is 33.9 Å². The summed E-state index contributed by atoms with van der Waals surface area (Å²) in [6, 6.07) is 20.6. The monoisotopic (exact) mass is 867 g/mol. The van der Waals surface area contributed by atoms with E-state index in [2.05, 4.69) is 32.2 Å². The van der Waals surface area contributed by atoms with E-state index in [1.54, 1.807) is 13.8 Å². The van der Waals surface area contributed by atoms with Crippen molar-refractivity contribution in [2.75, 3.05) is 46.2 Å². The Morgan fingerprint density at radius 3 is 1.52 bits per heavy atom. The molecule has 3 aromatic carbocycles. The molecule has 0 heterocycles. The van der Waals surface area contributed by atoms with Crippen molar-refractivity contribution in [3.63, 3.8) is 0 Å². The molecule has 344 valence electrons. The Kier molecular flexibility index (Phi) is 19.6. The van der Waals surface area contributed by atoms with Crippen LogP contribution in [0.3, 0.4) is 0 Å². The largest absolute Gasteiger partial charge is 0.493 e. The Bertz CT molecular complexity index is 1800. The maximum absolute atomic E-state index is 11.8. The first-order valence-corrected chi connectivity index (χ1v) is 23.6. The van der Waals surface area contributed by atoms with E-state index >= 15 is 0 Å². The molecule has 0 atom stereocenters. The van der Waals surface area contributed by atoms with Crippen LogP contribution in [0.1, 0.15) is 129 Å². The first kappa shape index (κ1) is 49.4. The second-order valence-corrected chi connectivity index (χ2v) is 18.5. The Morgan fingerprint density at radius 1 is 0.635 bits per heavy atom. The molecule has 0 aliphatic heterocycles. The molecule has 2 fully saturated rings. The number of esters is 2. The maximum Gasteiger partial charge on any atom is 0.333 e. The third-order valence-corrected chi connectivity index (χ3v) is 13.1. The maximum atomic E-state index is 11.8. The predicted molar refractivity (Wildman–Crippen MR) is 251 cm³/mol. The summed E-state index contributed by atoms with van der Waals surface area (Å²) in [5.41, 5.74) is 4.97. The van der Waals surface area contributed by atoms with E-state index in [4.69, 9.17) is 23.7 Å². The number of carbonyl (C=O) groups is 2. The number of aliphatic hydroxyl groups excluding tert-OH is 2. The summed E-state index contributed by atoms with van der Waals surface area (Å²) in [7, 11) is 0. The van der Waals surface area contributed by atoms with Crippen LogP contribution in [0.2, 0.25) is 0 Å². The summed E-state index contributed by atoms with van der Waals surface area (Å²) in [6.07, 6.45) is 16.9. The van der Waals surface area contributed by atoms with Crippen LogP contribution in [0, 0.1) is 23.2 Å². The normalized spacial score (nSPS) is 18.9. The minimum atomic E-state index is -0.854. The van der Waals surface area contributed by atoms with E-state index < -0.39 is 17.4 Å². The molecule has 3 aromatic rings. The van der Waals surface area contributed by atoms with Gasteiger partial charge in [0.15, 0.2) is 0 Å². The Morgan fingerprint density at radius 2 is 1.10 bits per heavy atom. The van der Waals surface area contributed by atoms with E-state index in [0.29, 0.717) is 60.4 Å². The molecule has 0 bridgehead atoms. The summed E-state index contributed by atoms with van der Waals surface area (Å²) < 4.78 is 29.2. The molecule has 2 aliphatic carbocycles. The fraction of sp³-hybridized carbons (Fsp3) is 0.556. The zero-order chi connectivity index (χ0) is 45.2. The van der Waals surface area contributed by atoms with Gasteiger partial charge in [-0.1, -0.05) is 89.8 Å². The quantitative estimate of drug-likeness (QED) is 0.0487. The molecule has 9 heteroatoms. The molecule has 9 nitrogen and oxygen atoms in total. The van der Waals surface area contributed by atoms with Crippen LogP contribution in [-0.4, -0.2) is 68.4 Å². The van der Waals surface area contributed by atoms with Gasteiger partial charge in [0, 0.05) is 40.5 Å². The number of hydrogen-bond donors (Lipinski definition) is 2. The van der Waals surface area contributed by atoms with Gasteiger partial charge in [-0.3, -0.25) is 0 Å². The predicted octanol–water partition coefficient (Wildman–Crippen LogP) is 11.8. The van der Waals surface area contributed by atoms with Crippen molar-refractivity contribution in [1.29, 1.82) is 0 Å². The van der Waals surface area contributed by atoms with Crippen molar-refractivity contribution in [3.8, 4) is 39.5 Å². The fourth-order valence-electron chi connectivity index (χ4n) is 8.95. The Hall–Kier alpha value is -4.60. The Labute approximate surface area is 377 Å². The van der Waals surface area contributed by atoms with Crippen molar-refractivity contribution in [3.05, 3.63) is 90.5 Å². The molecular formula is C54H74O9. The lowest BCUT2D eigenvalue weighted by Gasteiger charge is -2.38. The second kappa shape index (κ2) is 25.0. The highest BCUT2D eigenvalue weighted by Crippen LogP contribution is 2.48. The first-order chi connectivity index (χ1) is 30.4. The van der Waals surface area contributed by atoms with Crippen molar-refractivity contribution in [2.24, 2.45) is 23.2 Å².